The van der Waals surface area contributed by atoms with E-state index in [4.69, 9.17) is 4.74 Å². The Bertz CT molecular complexity index is 505. The third-order valence-electron chi connectivity index (χ3n) is 2.48. The van der Waals surface area contributed by atoms with E-state index in [1.54, 1.807) is 0 Å². The molecule has 0 aliphatic rings. The van der Waals surface area contributed by atoms with Crippen LogP contribution in [0.1, 0.15) is 20.8 Å². The van der Waals surface area contributed by atoms with E-state index >= 15 is 0 Å². The van der Waals surface area contributed by atoms with E-state index in [0.29, 0.717) is 12.5 Å². The van der Waals surface area contributed by atoms with Crippen molar-refractivity contribution in [3.8, 4) is 5.75 Å². The van der Waals surface area contributed by atoms with Crippen molar-refractivity contribution in [2.24, 2.45) is 5.92 Å². The summed E-state index contributed by atoms with van der Waals surface area (Å²) >= 11 is 0. The minimum absolute atomic E-state index is 0.0697. The van der Waals surface area contributed by atoms with Crippen molar-refractivity contribution in [2.75, 3.05) is 6.54 Å². The number of nitro benzene ring substituents is 1. The molecule has 1 amide bonds. The molecule has 0 spiro atoms. The topological polar surface area (TPSA) is 81.5 Å². The molecule has 0 aromatic heterocycles. The molecule has 6 nitrogen and oxygen atoms in total. The van der Waals surface area contributed by atoms with Crippen molar-refractivity contribution in [2.45, 2.75) is 26.9 Å². The number of halogens is 1. The summed E-state index contributed by atoms with van der Waals surface area (Å²) in [7, 11) is 0. The number of carbonyl (C=O) groups is 1. The molecule has 0 aliphatic carbocycles. The normalized spacial score (nSPS) is 12.1. The Morgan fingerprint density at radius 1 is 1.45 bits per heavy atom. The van der Waals surface area contributed by atoms with Gasteiger partial charge in [-0.3, -0.25) is 14.9 Å². The number of hydrogen-bond donors (Lipinski definition) is 1. The highest BCUT2D eigenvalue weighted by Gasteiger charge is 2.18. The van der Waals surface area contributed by atoms with Gasteiger partial charge < -0.3 is 10.1 Å². The maximum atomic E-state index is 13.4. The average Bonchev–Trinajstić information content (AvgIpc) is 2.35. The van der Waals surface area contributed by atoms with Crippen molar-refractivity contribution in [1.82, 2.24) is 5.32 Å². The van der Waals surface area contributed by atoms with Crippen molar-refractivity contribution in [3.63, 3.8) is 0 Å². The number of ether oxygens (including phenoxy) is 1. The van der Waals surface area contributed by atoms with Gasteiger partial charge in [-0.1, -0.05) is 13.8 Å². The van der Waals surface area contributed by atoms with Crippen molar-refractivity contribution in [3.05, 3.63) is 34.1 Å². The van der Waals surface area contributed by atoms with Crippen LogP contribution in [0.3, 0.4) is 0 Å². The molecule has 1 rings (SSSR count). The molecule has 0 fully saturated rings. The zero-order valence-corrected chi connectivity index (χ0v) is 11.6. The fraction of sp³-hybridized carbons (Fsp3) is 0.462. The van der Waals surface area contributed by atoms with Crippen LogP contribution in [0.4, 0.5) is 10.1 Å². The number of nitrogens with one attached hydrogen (secondary N) is 1. The average molecular weight is 284 g/mol. The molecule has 1 atom stereocenters. The molecule has 0 heterocycles. The van der Waals surface area contributed by atoms with Gasteiger partial charge in [-0.05, 0) is 18.9 Å². The molecule has 1 unspecified atom stereocenters. The second-order valence-electron chi connectivity index (χ2n) is 4.77. The number of rotatable bonds is 6. The third kappa shape index (κ3) is 4.49. The Kier molecular flexibility index (Phi) is 5.42. The SMILES string of the molecule is CC(C)CNC(=O)C(C)Oc1ccc([N+](=O)[O-])c(F)c1. The van der Waals surface area contributed by atoms with Gasteiger partial charge in [-0.15, -0.1) is 0 Å². The second kappa shape index (κ2) is 6.83. The third-order valence-corrected chi connectivity index (χ3v) is 2.48. The quantitative estimate of drug-likeness (QED) is 0.641. The first-order chi connectivity index (χ1) is 9.31. The standard InChI is InChI=1S/C13H17FN2O4/c1-8(2)7-15-13(17)9(3)20-10-4-5-12(16(18)19)11(14)6-10/h4-6,8-9H,7H2,1-3H3,(H,15,17). The molecule has 110 valence electrons. The summed E-state index contributed by atoms with van der Waals surface area (Å²) in [6.07, 6.45) is -0.811. The monoisotopic (exact) mass is 284 g/mol. The number of nitro groups is 1. The molecule has 0 bridgehead atoms. The second-order valence-corrected chi connectivity index (χ2v) is 4.77. The summed E-state index contributed by atoms with van der Waals surface area (Å²) in [5.74, 6) is -0.942. The van der Waals surface area contributed by atoms with Gasteiger partial charge in [-0.2, -0.15) is 4.39 Å². The Hall–Kier alpha value is -2.18. The van der Waals surface area contributed by atoms with E-state index in [1.165, 1.54) is 13.0 Å². The lowest BCUT2D eigenvalue weighted by molar-refractivity contribution is -0.387. The first-order valence-electron chi connectivity index (χ1n) is 6.19. The minimum Gasteiger partial charge on any atom is -0.481 e. The van der Waals surface area contributed by atoms with Crippen LogP contribution in [0.25, 0.3) is 0 Å². The van der Waals surface area contributed by atoms with E-state index in [1.807, 2.05) is 13.8 Å². The maximum absolute atomic E-state index is 13.4. The molecule has 0 radical (unpaired) electrons. The van der Waals surface area contributed by atoms with Gasteiger partial charge >= 0.3 is 5.69 Å². The van der Waals surface area contributed by atoms with Crippen LogP contribution in [0, 0.1) is 21.8 Å². The molecule has 20 heavy (non-hydrogen) atoms. The summed E-state index contributed by atoms with van der Waals surface area (Å²) in [6, 6.07) is 3.15. The molecule has 0 aliphatic heterocycles. The summed E-state index contributed by atoms with van der Waals surface area (Å²) in [4.78, 5) is 21.3. The Morgan fingerprint density at radius 2 is 2.10 bits per heavy atom. The highest BCUT2D eigenvalue weighted by Crippen LogP contribution is 2.23. The number of benzene rings is 1. The summed E-state index contributed by atoms with van der Waals surface area (Å²) in [6.45, 7) is 5.95. The summed E-state index contributed by atoms with van der Waals surface area (Å²) < 4.78 is 18.6. The predicted octanol–water partition coefficient (Wildman–Crippen LogP) is 2.27. The van der Waals surface area contributed by atoms with Gasteiger partial charge in [0.25, 0.3) is 5.91 Å². The molecule has 1 aromatic rings. The highest BCUT2D eigenvalue weighted by atomic mass is 19.1. The van der Waals surface area contributed by atoms with Gasteiger partial charge in [0.05, 0.1) is 4.92 Å². The van der Waals surface area contributed by atoms with Gasteiger partial charge in [0, 0.05) is 18.7 Å². The maximum Gasteiger partial charge on any atom is 0.305 e. The van der Waals surface area contributed by atoms with Crippen molar-refractivity contribution >= 4 is 11.6 Å². The highest BCUT2D eigenvalue weighted by molar-refractivity contribution is 5.80. The fourth-order valence-electron chi connectivity index (χ4n) is 1.42. The molecule has 7 heteroatoms. The first kappa shape index (κ1) is 15.9. The smallest absolute Gasteiger partial charge is 0.305 e. The van der Waals surface area contributed by atoms with E-state index in [0.717, 1.165) is 12.1 Å². The largest absolute Gasteiger partial charge is 0.481 e. The first-order valence-corrected chi connectivity index (χ1v) is 6.19. The molecule has 0 saturated heterocycles. The molecule has 1 aromatic carbocycles. The summed E-state index contributed by atoms with van der Waals surface area (Å²) in [5, 5.41) is 13.2. The lowest BCUT2D eigenvalue weighted by Crippen LogP contribution is -2.38. The minimum atomic E-state index is -0.998. The molecule has 0 saturated carbocycles. The van der Waals surface area contributed by atoms with Gasteiger partial charge in [0.15, 0.2) is 6.10 Å². The Labute approximate surface area is 116 Å². The fourth-order valence-corrected chi connectivity index (χ4v) is 1.42. The predicted molar refractivity (Wildman–Crippen MR) is 71.0 cm³/mol. The van der Waals surface area contributed by atoms with E-state index in [9.17, 15) is 19.3 Å². The molecular formula is C13H17FN2O4. The number of nitrogens with zero attached hydrogens (tertiary/aromatic N) is 1. The van der Waals surface area contributed by atoms with Crippen LogP contribution in [0.5, 0.6) is 5.75 Å². The van der Waals surface area contributed by atoms with E-state index < -0.39 is 22.5 Å². The van der Waals surface area contributed by atoms with Crippen LogP contribution in [-0.2, 0) is 4.79 Å². The lowest BCUT2D eigenvalue weighted by Gasteiger charge is -2.15. The number of amides is 1. The van der Waals surface area contributed by atoms with Crippen molar-refractivity contribution < 1.29 is 18.8 Å². The zero-order valence-electron chi connectivity index (χ0n) is 11.6. The van der Waals surface area contributed by atoms with Crippen LogP contribution >= 0.6 is 0 Å². The number of carbonyl (C=O) groups excluding carboxylic acids is 1. The molecule has 1 N–H and O–H groups in total. The van der Waals surface area contributed by atoms with Gasteiger partial charge in [0.1, 0.15) is 5.75 Å². The van der Waals surface area contributed by atoms with E-state index in [-0.39, 0.29) is 11.7 Å². The summed E-state index contributed by atoms with van der Waals surface area (Å²) in [5.41, 5.74) is -0.630. The van der Waals surface area contributed by atoms with E-state index in [2.05, 4.69) is 5.32 Å². The van der Waals surface area contributed by atoms with Gasteiger partial charge in [-0.25, -0.2) is 0 Å². The van der Waals surface area contributed by atoms with Crippen LogP contribution in [0.2, 0.25) is 0 Å². The van der Waals surface area contributed by atoms with Crippen molar-refractivity contribution in [1.29, 1.82) is 0 Å². The van der Waals surface area contributed by atoms with Crippen LogP contribution < -0.4 is 10.1 Å². The Balaban J connectivity index is 2.66. The van der Waals surface area contributed by atoms with Gasteiger partial charge in [0.2, 0.25) is 5.82 Å². The van der Waals surface area contributed by atoms with Crippen LogP contribution in [0.15, 0.2) is 18.2 Å². The van der Waals surface area contributed by atoms with Crippen LogP contribution in [-0.4, -0.2) is 23.5 Å². The zero-order chi connectivity index (χ0) is 15.3. The lowest BCUT2D eigenvalue weighted by atomic mass is 10.2. The Morgan fingerprint density at radius 3 is 2.60 bits per heavy atom. The molecular weight excluding hydrogens is 267 g/mol. The number of hydrogen-bond acceptors (Lipinski definition) is 4.